The van der Waals surface area contributed by atoms with Crippen molar-refractivity contribution in [2.75, 3.05) is 13.2 Å². The van der Waals surface area contributed by atoms with Gasteiger partial charge in [-0.05, 0) is 19.1 Å². The largest absolute Gasteiger partial charge is 0.507 e. The summed E-state index contributed by atoms with van der Waals surface area (Å²) in [7, 11) is 0. The number of carbonyl (C=O) groups excluding carboxylic acids is 2. The van der Waals surface area contributed by atoms with Gasteiger partial charge < -0.3 is 15.2 Å². The van der Waals surface area contributed by atoms with Crippen LogP contribution in [0, 0.1) is 0 Å². The number of hydrogen-bond donors (Lipinski definition) is 2. The maximum atomic E-state index is 11.6. The van der Waals surface area contributed by atoms with Crippen LogP contribution in [0.1, 0.15) is 23.7 Å². The fraction of sp³-hybridized carbons (Fsp3) is 0.333. The van der Waals surface area contributed by atoms with Gasteiger partial charge in [-0.15, -0.1) is 0 Å². The zero-order chi connectivity index (χ0) is 12.7. The molecule has 0 atom stereocenters. The number of esters is 1. The molecule has 0 bridgehead atoms. The van der Waals surface area contributed by atoms with Crippen molar-refractivity contribution in [2.24, 2.45) is 0 Å². The van der Waals surface area contributed by atoms with Crippen LogP contribution >= 0.6 is 0 Å². The first-order chi connectivity index (χ1) is 8.15. The molecule has 0 fully saturated rings. The number of rotatable bonds is 5. The SMILES string of the molecule is CCOC(=O)CCNC(=O)c1ccccc1O. The minimum Gasteiger partial charge on any atom is -0.507 e. The van der Waals surface area contributed by atoms with Gasteiger partial charge in [0.15, 0.2) is 0 Å². The average Bonchev–Trinajstić information content (AvgIpc) is 2.29. The Kier molecular flexibility index (Phi) is 5.00. The predicted octanol–water partition coefficient (Wildman–Crippen LogP) is 1.08. The summed E-state index contributed by atoms with van der Waals surface area (Å²) < 4.78 is 4.71. The van der Waals surface area contributed by atoms with Crippen LogP contribution in [-0.2, 0) is 9.53 Å². The van der Waals surface area contributed by atoms with Gasteiger partial charge in [0.1, 0.15) is 5.75 Å². The molecule has 92 valence electrons. The van der Waals surface area contributed by atoms with E-state index in [9.17, 15) is 14.7 Å². The van der Waals surface area contributed by atoms with E-state index >= 15 is 0 Å². The molecule has 0 spiro atoms. The summed E-state index contributed by atoms with van der Waals surface area (Å²) in [6, 6.07) is 6.22. The fourth-order valence-corrected chi connectivity index (χ4v) is 1.27. The van der Waals surface area contributed by atoms with Gasteiger partial charge in [-0.2, -0.15) is 0 Å². The number of phenolic OH excluding ortho intramolecular Hbond substituents is 1. The first-order valence-corrected chi connectivity index (χ1v) is 5.37. The van der Waals surface area contributed by atoms with E-state index in [1.165, 1.54) is 12.1 Å². The van der Waals surface area contributed by atoms with Gasteiger partial charge in [-0.25, -0.2) is 0 Å². The molecule has 0 aliphatic heterocycles. The second-order valence-electron chi connectivity index (χ2n) is 3.33. The molecular weight excluding hydrogens is 222 g/mol. The van der Waals surface area contributed by atoms with Crippen molar-refractivity contribution in [3.8, 4) is 5.75 Å². The Labute approximate surface area is 99.4 Å². The lowest BCUT2D eigenvalue weighted by atomic mass is 10.2. The molecule has 0 saturated heterocycles. The Balaban J connectivity index is 2.41. The standard InChI is InChI=1S/C12H15NO4/c1-2-17-11(15)7-8-13-12(16)9-5-3-4-6-10(9)14/h3-6,14H,2,7-8H2,1H3,(H,13,16). The molecule has 5 nitrogen and oxygen atoms in total. The van der Waals surface area contributed by atoms with Crippen LogP contribution in [0.3, 0.4) is 0 Å². The van der Waals surface area contributed by atoms with Crippen molar-refractivity contribution >= 4 is 11.9 Å². The number of benzene rings is 1. The third kappa shape index (κ3) is 4.14. The van der Waals surface area contributed by atoms with Crippen LogP contribution in [0.4, 0.5) is 0 Å². The van der Waals surface area contributed by atoms with Gasteiger partial charge in [0, 0.05) is 6.54 Å². The second kappa shape index (κ2) is 6.52. The van der Waals surface area contributed by atoms with Crippen LogP contribution in [0.5, 0.6) is 5.75 Å². The molecule has 0 unspecified atom stereocenters. The molecule has 0 radical (unpaired) electrons. The van der Waals surface area contributed by atoms with E-state index < -0.39 is 5.91 Å². The Morgan fingerprint density at radius 2 is 2.06 bits per heavy atom. The maximum absolute atomic E-state index is 11.6. The van der Waals surface area contributed by atoms with Crippen LogP contribution in [0.15, 0.2) is 24.3 Å². The molecule has 1 amide bonds. The summed E-state index contributed by atoms with van der Waals surface area (Å²) in [5, 5.41) is 12.0. The van der Waals surface area contributed by atoms with Crippen molar-refractivity contribution in [1.82, 2.24) is 5.32 Å². The van der Waals surface area contributed by atoms with Crippen LogP contribution in [0.2, 0.25) is 0 Å². The highest BCUT2D eigenvalue weighted by atomic mass is 16.5. The molecular formula is C12H15NO4. The Morgan fingerprint density at radius 3 is 2.71 bits per heavy atom. The van der Waals surface area contributed by atoms with E-state index in [4.69, 9.17) is 4.74 Å². The molecule has 0 saturated carbocycles. The topological polar surface area (TPSA) is 75.6 Å². The monoisotopic (exact) mass is 237 g/mol. The zero-order valence-electron chi connectivity index (χ0n) is 9.60. The van der Waals surface area contributed by atoms with E-state index in [0.717, 1.165) is 0 Å². The van der Waals surface area contributed by atoms with Crippen molar-refractivity contribution in [3.63, 3.8) is 0 Å². The average molecular weight is 237 g/mol. The fourth-order valence-electron chi connectivity index (χ4n) is 1.27. The number of carbonyl (C=O) groups is 2. The van der Waals surface area contributed by atoms with E-state index in [1.54, 1.807) is 19.1 Å². The van der Waals surface area contributed by atoms with E-state index in [-0.39, 0.29) is 30.2 Å². The number of nitrogens with one attached hydrogen (secondary N) is 1. The van der Waals surface area contributed by atoms with Gasteiger partial charge in [0.2, 0.25) is 0 Å². The third-order valence-electron chi connectivity index (χ3n) is 2.07. The van der Waals surface area contributed by atoms with Gasteiger partial charge >= 0.3 is 5.97 Å². The summed E-state index contributed by atoms with van der Waals surface area (Å²) in [4.78, 5) is 22.6. The first kappa shape index (κ1) is 13.0. The van der Waals surface area contributed by atoms with E-state index in [1.807, 2.05) is 0 Å². The molecule has 2 N–H and O–H groups in total. The minimum absolute atomic E-state index is 0.0823. The molecule has 5 heteroatoms. The molecule has 0 aromatic heterocycles. The lowest BCUT2D eigenvalue weighted by molar-refractivity contribution is -0.142. The summed E-state index contributed by atoms with van der Waals surface area (Å²) in [5.74, 6) is -0.849. The van der Waals surface area contributed by atoms with E-state index in [2.05, 4.69) is 5.32 Å². The summed E-state index contributed by atoms with van der Waals surface area (Å²) >= 11 is 0. The Morgan fingerprint density at radius 1 is 1.35 bits per heavy atom. The molecule has 0 aliphatic carbocycles. The van der Waals surface area contributed by atoms with Crippen molar-refractivity contribution in [2.45, 2.75) is 13.3 Å². The van der Waals surface area contributed by atoms with Crippen LogP contribution < -0.4 is 5.32 Å². The molecule has 17 heavy (non-hydrogen) atoms. The second-order valence-corrected chi connectivity index (χ2v) is 3.33. The van der Waals surface area contributed by atoms with Gasteiger partial charge in [-0.3, -0.25) is 9.59 Å². The molecule has 0 aliphatic rings. The highest BCUT2D eigenvalue weighted by Crippen LogP contribution is 2.14. The van der Waals surface area contributed by atoms with Gasteiger partial charge in [0.25, 0.3) is 5.91 Å². The van der Waals surface area contributed by atoms with Crippen molar-refractivity contribution in [3.05, 3.63) is 29.8 Å². The number of hydrogen-bond acceptors (Lipinski definition) is 4. The minimum atomic E-state index is -0.410. The quantitative estimate of drug-likeness (QED) is 0.751. The zero-order valence-corrected chi connectivity index (χ0v) is 9.60. The first-order valence-electron chi connectivity index (χ1n) is 5.37. The lowest BCUT2D eigenvalue weighted by Gasteiger charge is -2.06. The summed E-state index contributed by atoms with van der Waals surface area (Å²) in [6.45, 7) is 2.23. The maximum Gasteiger partial charge on any atom is 0.307 e. The predicted molar refractivity (Wildman–Crippen MR) is 61.7 cm³/mol. The number of phenols is 1. The highest BCUT2D eigenvalue weighted by molar-refractivity contribution is 5.96. The van der Waals surface area contributed by atoms with Crippen molar-refractivity contribution in [1.29, 1.82) is 0 Å². The van der Waals surface area contributed by atoms with E-state index in [0.29, 0.717) is 6.61 Å². The summed E-state index contributed by atoms with van der Waals surface area (Å²) in [5.41, 5.74) is 0.191. The molecule has 1 aromatic rings. The number of aromatic hydroxyl groups is 1. The van der Waals surface area contributed by atoms with Crippen molar-refractivity contribution < 1.29 is 19.4 Å². The third-order valence-corrected chi connectivity index (χ3v) is 2.07. The van der Waals surface area contributed by atoms with Crippen LogP contribution in [-0.4, -0.2) is 30.1 Å². The molecule has 0 heterocycles. The van der Waals surface area contributed by atoms with Crippen LogP contribution in [0.25, 0.3) is 0 Å². The number of amides is 1. The number of para-hydroxylation sites is 1. The van der Waals surface area contributed by atoms with Gasteiger partial charge in [0.05, 0.1) is 18.6 Å². The summed E-state index contributed by atoms with van der Waals surface area (Å²) in [6.07, 6.45) is 0.118. The Bertz CT molecular complexity index is 403. The number of ether oxygens (including phenoxy) is 1. The Hall–Kier alpha value is -2.04. The smallest absolute Gasteiger partial charge is 0.307 e. The molecule has 1 rings (SSSR count). The van der Waals surface area contributed by atoms with Gasteiger partial charge in [-0.1, -0.05) is 12.1 Å². The highest BCUT2D eigenvalue weighted by Gasteiger charge is 2.10. The lowest BCUT2D eigenvalue weighted by Crippen LogP contribution is -2.26. The molecule has 1 aromatic carbocycles. The normalized spacial score (nSPS) is 9.71.